The lowest BCUT2D eigenvalue weighted by Crippen LogP contribution is -1.99. The number of aryl methyl sites for hydroxylation is 1. The van der Waals surface area contributed by atoms with Crippen molar-refractivity contribution in [1.29, 1.82) is 0 Å². The minimum absolute atomic E-state index is 0.350. The molecule has 0 saturated carbocycles. The standard InChI is InChI=1S/C12H11BrO2/c1-3-15-12(14)7-5-10-8-9(2)4-6-11(10)13/h4,6,8H,3H2,1-2H3. The number of hydrogen-bond donors (Lipinski definition) is 0. The minimum atomic E-state index is -0.495. The van der Waals surface area contributed by atoms with E-state index in [0.29, 0.717) is 6.61 Å². The fraction of sp³-hybridized carbons (Fsp3) is 0.250. The zero-order chi connectivity index (χ0) is 11.3. The van der Waals surface area contributed by atoms with Crippen LogP contribution in [0.5, 0.6) is 0 Å². The number of hydrogen-bond acceptors (Lipinski definition) is 2. The van der Waals surface area contributed by atoms with Crippen molar-refractivity contribution in [2.24, 2.45) is 0 Å². The molecule has 0 amide bonds. The topological polar surface area (TPSA) is 26.3 Å². The van der Waals surface area contributed by atoms with Crippen LogP contribution in [-0.4, -0.2) is 12.6 Å². The Morgan fingerprint density at radius 1 is 1.53 bits per heavy atom. The molecule has 0 aliphatic rings. The van der Waals surface area contributed by atoms with E-state index in [1.807, 2.05) is 25.1 Å². The van der Waals surface area contributed by atoms with Crippen LogP contribution in [0.2, 0.25) is 0 Å². The highest BCUT2D eigenvalue weighted by Crippen LogP contribution is 2.16. The van der Waals surface area contributed by atoms with Crippen LogP contribution in [0.1, 0.15) is 18.1 Å². The van der Waals surface area contributed by atoms with Crippen LogP contribution in [-0.2, 0) is 9.53 Å². The molecule has 0 aliphatic heterocycles. The lowest BCUT2D eigenvalue weighted by atomic mass is 10.1. The molecule has 0 bridgehead atoms. The van der Waals surface area contributed by atoms with Gasteiger partial charge in [0, 0.05) is 16.0 Å². The van der Waals surface area contributed by atoms with Gasteiger partial charge >= 0.3 is 5.97 Å². The maximum absolute atomic E-state index is 11.0. The fourth-order valence-electron chi connectivity index (χ4n) is 1.02. The fourth-order valence-corrected chi connectivity index (χ4v) is 1.37. The molecule has 0 fully saturated rings. The van der Waals surface area contributed by atoms with E-state index in [4.69, 9.17) is 4.74 Å². The van der Waals surface area contributed by atoms with Gasteiger partial charge in [0.25, 0.3) is 0 Å². The van der Waals surface area contributed by atoms with Gasteiger partial charge in [0.05, 0.1) is 6.61 Å². The summed E-state index contributed by atoms with van der Waals surface area (Å²) in [5.74, 6) is 4.70. The molecule has 1 rings (SSSR count). The van der Waals surface area contributed by atoms with E-state index in [1.165, 1.54) is 0 Å². The third-order valence-corrected chi connectivity index (χ3v) is 2.39. The first-order valence-electron chi connectivity index (χ1n) is 4.58. The number of halogens is 1. The molecule has 0 heterocycles. The minimum Gasteiger partial charge on any atom is -0.456 e. The molecule has 2 nitrogen and oxygen atoms in total. The summed E-state index contributed by atoms with van der Waals surface area (Å²) in [6.45, 7) is 4.08. The molecule has 0 spiro atoms. The van der Waals surface area contributed by atoms with Crippen LogP contribution in [0.15, 0.2) is 22.7 Å². The summed E-state index contributed by atoms with van der Waals surface area (Å²) < 4.78 is 5.59. The summed E-state index contributed by atoms with van der Waals surface area (Å²) in [4.78, 5) is 11.0. The van der Waals surface area contributed by atoms with E-state index in [0.717, 1.165) is 15.6 Å². The first-order valence-corrected chi connectivity index (χ1v) is 5.37. The van der Waals surface area contributed by atoms with Gasteiger partial charge in [0.2, 0.25) is 0 Å². The summed E-state index contributed by atoms with van der Waals surface area (Å²) in [5, 5.41) is 0. The van der Waals surface area contributed by atoms with Gasteiger partial charge in [0.15, 0.2) is 0 Å². The average molecular weight is 267 g/mol. The van der Waals surface area contributed by atoms with Gasteiger partial charge in [-0.1, -0.05) is 12.0 Å². The second-order valence-electron chi connectivity index (χ2n) is 2.95. The number of carbonyl (C=O) groups excluding carboxylic acids is 1. The van der Waals surface area contributed by atoms with Crippen molar-refractivity contribution >= 4 is 21.9 Å². The van der Waals surface area contributed by atoms with Crippen LogP contribution in [0, 0.1) is 18.8 Å². The normalized spacial score (nSPS) is 9.00. The van der Waals surface area contributed by atoms with Crippen LogP contribution < -0.4 is 0 Å². The van der Waals surface area contributed by atoms with Crippen molar-refractivity contribution < 1.29 is 9.53 Å². The van der Waals surface area contributed by atoms with Crippen molar-refractivity contribution in [2.45, 2.75) is 13.8 Å². The van der Waals surface area contributed by atoms with E-state index in [1.54, 1.807) is 6.92 Å². The van der Waals surface area contributed by atoms with Crippen molar-refractivity contribution in [2.75, 3.05) is 6.61 Å². The van der Waals surface area contributed by atoms with Gasteiger partial charge < -0.3 is 4.74 Å². The van der Waals surface area contributed by atoms with Crippen molar-refractivity contribution in [3.05, 3.63) is 33.8 Å². The number of rotatable bonds is 1. The molecule has 15 heavy (non-hydrogen) atoms. The van der Waals surface area contributed by atoms with Gasteiger partial charge in [-0.25, -0.2) is 4.79 Å². The molecule has 78 valence electrons. The highest BCUT2D eigenvalue weighted by molar-refractivity contribution is 9.10. The van der Waals surface area contributed by atoms with E-state index < -0.39 is 5.97 Å². The Bertz CT molecular complexity index is 427. The molecule has 0 atom stereocenters. The van der Waals surface area contributed by atoms with Gasteiger partial charge in [-0.3, -0.25) is 0 Å². The Morgan fingerprint density at radius 2 is 2.27 bits per heavy atom. The molecule has 0 aliphatic carbocycles. The molecular formula is C12H11BrO2. The number of carbonyl (C=O) groups is 1. The summed E-state index contributed by atoms with van der Waals surface area (Å²) in [6.07, 6.45) is 0. The lowest BCUT2D eigenvalue weighted by molar-refractivity contribution is -0.136. The zero-order valence-corrected chi connectivity index (χ0v) is 10.2. The first-order chi connectivity index (χ1) is 7.13. The highest BCUT2D eigenvalue weighted by Gasteiger charge is 1.97. The molecule has 1 aromatic carbocycles. The summed E-state index contributed by atoms with van der Waals surface area (Å²) >= 11 is 3.36. The predicted octanol–water partition coefficient (Wildman–Crippen LogP) is 2.67. The third kappa shape index (κ3) is 3.77. The molecule has 3 heteroatoms. The van der Waals surface area contributed by atoms with E-state index in [9.17, 15) is 4.79 Å². The average Bonchev–Trinajstić information content (AvgIpc) is 2.20. The first kappa shape index (κ1) is 11.8. The molecule has 1 aromatic rings. The van der Waals surface area contributed by atoms with Crippen LogP contribution in [0.4, 0.5) is 0 Å². The van der Waals surface area contributed by atoms with E-state index >= 15 is 0 Å². The summed E-state index contributed by atoms with van der Waals surface area (Å²) in [5.41, 5.74) is 1.90. The van der Waals surface area contributed by atoms with Gasteiger partial charge in [-0.05, 0) is 47.5 Å². The van der Waals surface area contributed by atoms with Crippen LogP contribution in [0.3, 0.4) is 0 Å². The Hall–Kier alpha value is -1.27. The molecule has 0 radical (unpaired) electrons. The highest BCUT2D eigenvalue weighted by atomic mass is 79.9. The number of ether oxygens (including phenoxy) is 1. The largest absolute Gasteiger partial charge is 0.456 e. The predicted molar refractivity (Wildman–Crippen MR) is 62.4 cm³/mol. The Balaban J connectivity index is 2.88. The summed E-state index contributed by atoms with van der Waals surface area (Å²) in [7, 11) is 0. The zero-order valence-electron chi connectivity index (χ0n) is 8.63. The van der Waals surface area contributed by atoms with E-state index in [2.05, 4.69) is 27.8 Å². The number of esters is 1. The lowest BCUT2D eigenvalue weighted by Gasteiger charge is -1.97. The summed E-state index contributed by atoms with van der Waals surface area (Å²) in [6, 6.07) is 5.79. The molecule has 0 aromatic heterocycles. The number of benzene rings is 1. The monoisotopic (exact) mass is 266 g/mol. The second-order valence-corrected chi connectivity index (χ2v) is 3.81. The second kappa shape index (κ2) is 5.57. The van der Waals surface area contributed by atoms with E-state index in [-0.39, 0.29) is 0 Å². The SMILES string of the molecule is CCOC(=O)C#Cc1cc(C)ccc1Br. The Morgan fingerprint density at radius 3 is 2.93 bits per heavy atom. The quantitative estimate of drug-likeness (QED) is 0.577. The molecule has 0 saturated heterocycles. The third-order valence-electron chi connectivity index (χ3n) is 1.70. The maximum atomic E-state index is 11.0. The Labute approximate surface area is 97.8 Å². The molecule has 0 N–H and O–H groups in total. The Kier molecular flexibility index (Phi) is 4.38. The van der Waals surface area contributed by atoms with Crippen molar-refractivity contribution in [3.8, 4) is 11.8 Å². The smallest absolute Gasteiger partial charge is 0.384 e. The van der Waals surface area contributed by atoms with Crippen molar-refractivity contribution in [3.63, 3.8) is 0 Å². The van der Waals surface area contributed by atoms with Gasteiger partial charge in [0.1, 0.15) is 0 Å². The van der Waals surface area contributed by atoms with Crippen LogP contribution >= 0.6 is 15.9 Å². The van der Waals surface area contributed by atoms with Gasteiger partial charge in [-0.2, -0.15) is 0 Å². The van der Waals surface area contributed by atoms with Crippen molar-refractivity contribution in [1.82, 2.24) is 0 Å². The molecular weight excluding hydrogens is 256 g/mol. The maximum Gasteiger partial charge on any atom is 0.384 e. The van der Waals surface area contributed by atoms with Crippen LogP contribution in [0.25, 0.3) is 0 Å². The van der Waals surface area contributed by atoms with Gasteiger partial charge in [-0.15, -0.1) is 0 Å². The molecule has 0 unspecified atom stereocenters.